The zero-order valence-corrected chi connectivity index (χ0v) is 12.0. The zero-order chi connectivity index (χ0) is 15.7. The first-order valence-electron chi connectivity index (χ1n) is 6.95. The number of rotatable bonds is 4. The van der Waals surface area contributed by atoms with Gasteiger partial charge in [0.25, 0.3) is 5.56 Å². The summed E-state index contributed by atoms with van der Waals surface area (Å²) in [6, 6.07) is 3.61. The summed E-state index contributed by atoms with van der Waals surface area (Å²) in [5.74, 6) is -1.37. The molecule has 0 aliphatic heterocycles. The van der Waals surface area contributed by atoms with Gasteiger partial charge in [0.15, 0.2) is 5.65 Å². The Morgan fingerprint density at radius 1 is 1.23 bits per heavy atom. The molecule has 0 spiro atoms. The Kier molecular flexibility index (Phi) is 3.70. The molecule has 0 aliphatic carbocycles. The predicted molar refractivity (Wildman–Crippen MR) is 77.5 cm³/mol. The maximum Gasteiger partial charge on any atom is 0.264 e. The summed E-state index contributed by atoms with van der Waals surface area (Å²) in [6.45, 7) is 2.47. The van der Waals surface area contributed by atoms with Crippen LogP contribution in [0.3, 0.4) is 0 Å². The van der Waals surface area contributed by atoms with Crippen LogP contribution in [0.25, 0.3) is 11.0 Å². The summed E-state index contributed by atoms with van der Waals surface area (Å²) >= 11 is 0. The van der Waals surface area contributed by atoms with Gasteiger partial charge in [-0.25, -0.2) is 13.8 Å². The van der Waals surface area contributed by atoms with Crippen LogP contribution in [0.5, 0.6) is 0 Å². The van der Waals surface area contributed by atoms with Crippen molar-refractivity contribution in [1.82, 2.24) is 19.3 Å². The van der Waals surface area contributed by atoms with Gasteiger partial charge in [0.2, 0.25) is 0 Å². The van der Waals surface area contributed by atoms with E-state index in [2.05, 4.69) is 10.1 Å². The Morgan fingerprint density at radius 2 is 1.95 bits per heavy atom. The molecule has 0 saturated heterocycles. The Balaban J connectivity index is 2.05. The van der Waals surface area contributed by atoms with Crippen molar-refractivity contribution < 1.29 is 8.78 Å². The van der Waals surface area contributed by atoms with Gasteiger partial charge >= 0.3 is 0 Å². The van der Waals surface area contributed by atoms with Crippen molar-refractivity contribution in [1.29, 1.82) is 0 Å². The average molecular weight is 304 g/mol. The van der Waals surface area contributed by atoms with E-state index in [0.29, 0.717) is 17.6 Å². The second-order valence-electron chi connectivity index (χ2n) is 5.01. The van der Waals surface area contributed by atoms with Crippen molar-refractivity contribution in [3.63, 3.8) is 0 Å². The molecule has 7 heteroatoms. The van der Waals surface area contributed by atoms with Gasteiger partial charge in [-0.2, -0.15) is 5.10 Å². The van der Waals surface area contributed by atoms with E-state index in [1.807, 2.05) is 6.92 Å². The van der Waals surface area contributed by atoms with E-state index in [1.54, 1.807) is 10.9 Å². The van der Waals surface area contributed by atoms with Crippen LogP contribution in [0.4, 0.5) is 8.78 Å². The highest BCUT2D eigenvalue weighted by molar-refractivity contribution is 5.72. The number of nitrogens with zero attached hydrogens (tertiary/aromatic N) is 4. The van der Waals surface area contributed by atoms with Gasteiger partial charge < -0.3 is 0 Å². The monoisotopic (exact) mass is 304 g/mol. The topological polar surface area (TPSA) is 52.7 Å². The fraction of sp³-hybridized carbons (Fsp3) is 0.267. The molecule has 114 valence electrons. The maximum atomic E-state index is 13.7. The predicted octanol–water partition coefficient (Wildman–Crippen LogP) is 2.33. The molecule has 0 unspecified atom stereocenters. The van der Waals surface area contributed by atoms with Crippen LogP contribution in [0.15, 0.2) is 35.5 Å². The molecular formula is C15H14F2N4O. The van der Waals surface area contributed by atoms with Crippen molar-refractivity contribution in [2.24, 2.45) is 0 Å². The number of hydrogen-bond donors (Lipinski definition) is 0. The number of halogens is 2. The van der Waals surface area contributed by atoms with Crippen LogP contribution in [0, 0.1) is 11.6 Å². The molecule has 0 N–H and O–H groups in total. The van der Waals surface area contributed by atoms with Crippen molar-refractivity contribution in [3.8, 4) is 0 Å². The molecule has 0 aliphatic rings. The molecule has 2 heterocycles. The number of fused-ring (bicyclic) bond motifs is 1. The van der Waals surface area contributed by atoms with Crippen LogP contribution in [-0.2, 0) is 13.1 Å². The largest absolute Gasteiger partial charge is 0.294 e. The first-order valence-corrected chi connectivity index (χ1v) is 6.95. The van der Waals surface area contributed by atoms with E-state index in [1.165, 1.54) is 17.0 Å². The van der Waals surface area contributed by atoms with E-state index in [-0.39, 0.29) is 17.7 Å². The molecule has 0 radical (unpaired) electrons. The third kappa shape index (κ3) is 2.49. The van der Waals surface area contributed by atoms with Gasteiger partial charge in [-0.1, -0.05) is 13.0 Å². The number of aryl methyl sites for hydroxylation is 1. The van der Waals surface area contributed by atoms with Crippen LogP contribution >= 0.6 is 0 Å². The Labute approximate surface area is 124 Å². The van der Waals surface area contributed by atoms with Gasteiger partial charge in [0.1, 0.15) is 23.3 Å². The molecule has 22 heavy (non-hydrogen) atoms. The minimum Gasteiger partial charge on any atom is -0.294 e. The Morgan fingerprint density at radius 3 is 2.64 bits per heavy atom. The number of hydrogen-bond acceptors (Lipinski definition) is 3. The smallest absolute Gasteiger partial charge is 0.264 e. The zero-order valence-electron chi connectivity index (χ0n) is 12.0. The highest BCUT2D eigenvalue weighted by atomic mass is 19.1. The van der Waals surface area contributed by atoms with Gasteiger partial charge in [0.05, 0.1) is 6.54 Å². The minimum atomic E-state index is -0.686. The summed E-state index contributed by atoms with van der Waals surface area (Å²) < 4.78 is 30.2. The lowest BCUT2D eigenvalue weighted by Crippen LogP contribution is -2.21. The molecule has 0 fully saturated rings. The molecule has 0 saturated carbocycles. The molecule has 3 rings (SSSR count). The molecule has 0 amide bonds. The summed E-state index contributed by atoms with van der Waals surface area (Å²) in [6.07, 6.45) is 3.75. The number of aromatic nitrogens is 4. The van der Waals surface area contributed by atoms with E-state index < -0.39 is 11.6 Å². The second-order valence-corrected chi connectivity index (χ2v) is 5.01. The summed E-state index contributed by atoms with van der Waals surface area (Å²) in [5.41, 5.74) is -0.189. The fourth-order valence-corrected chi connectivity index (χ4v) is 2.30. The minimum absolute atomic E-state index is 0.160. The average Bonchev–Trinajstić information content (AvgIpc) is 2.89. The first-order chi connectivity index (χ1) is 10.6. The molecular weight excluding hydrogens is 290 g/mol. The lowest BCUT2D eigenvalue weighted by molar-refractivity contribution is 0.541. The van der Waals surface area contributed by atoms with E-state index in [0.717, 1.165) is 18.6 Å². The molecule has 3 aromatic rings. The van der Waals surface area contributed by atoms with E-state index >= 15 is 0 Å². The van der Waals surface area contributed by atoms with Crippen LogP contribution in [-0.4, -0.2) is 19.3 Å². The molecule has 1 aromatic carbocycles. The molecule has 0 atom stereocenters. The summed E-state index contributed by atoms with van der Waals surface area (Å²) in [4.78, 5) is 16.5. The number of benzene rings is 1. The lowest BCUT2D eigenvalue weighted by atomic mass is 10.2. The quantitative estimate of drug-likeness (QED) is 0.743. The van der Waals surface area contributed by atoms with Gasteiger partial charge in [-0.3, -0.25) is 14.0 Å². The van der Waals surface area contributed by atoms with Crippen LogP contribution in [0.2, 0.25) is 0 Å². The Hall–Kier alpha value is -2.57. The van der Waals surface area contributed by atoms with E-state index in [4.69, 9.17) is 0 Å². The third-order valence-corrected chi connectivity index (χ3v) is 3.40. The van der Waals surface area contributed by atoms with Gasteiger partial charge in [0, 0.05) is 18.3 Å². The standard InChI is InChI=1S/C15H14F2N4O/c1-2-6-21-8-11-14(19-21)18-9-20(15(11)22)7-10-12(16)4-3-5-13(10)17/h3-5,8-9H,2,6-7H2,1H3. The lowest BCUT2D eigenvalue weighted by Gasteiger charge is -2.07. The molecule has 5 nitrogen and oxygen atoms in total. The van der Waals surface area contributed by atoms with Crippen molar-refractivity contribution in [2.75, 3.05) is 0 Å². The van der Waals surface area contributed by atoms with Crippen molar-refractivity contribution >= 4 is 11.0 Å². The normalized spacial score (nSPS) is 11.2. The third-order valence-electron chi connectivity index (χ3n) is 3.40. The molecule has 0 bridgehead atoms. The highest BCUT2D eigenvalue weighted by Gasteiger charge is 2.13. The SMILES string of the molecule is CCCn1cc2c(=O)n(Cc3c(F)cccc3F)cnc2n1. The van der Waals surface area contributed by atoms with Crippen LogP contribution in [0.1, 0.15) is 18.9 Å². The van der Waals surface area contributed by atoms with Gasteiger partial charge in [-0.15, -0.1) is 0 Å². The van der Waals surface area contributed by atoms with Crippen LogP contribution < -0.4 is 5.56 Å². The van der Waals surface area contributed by atoms with Crippen molar-refractivity contribution in [3.05, 3.63) is 58.3 Å². The Bertz CT molecular complexity index is 865. The van der Waals surface area contributed by atoms with E-state index in [9.17, 15) is 13.6 Å². The highest BCUT2D eigenvalue weighted by Crippen LogP contribution is 2.13. The summed E-state index contributed by atoms with van der Waals surface area (Å²) in [7, 11) is 0. The maximum absolute atomic E-state index is 13.7. The van der Waals surface area contributed by atoms with Gasteiger partial charge in [-0.05, 0) is 18.6 Å². The van der Waals surface area contributed by atoms with Crippen molar-refractivity contribution in [2.45, 2.75) is 26.4 Å². The first kappa shape index (κ1) is 14.4. The molecule has 2 aromatic heterocycles. The second kappa shape index (κ2) is 5.67. The fourth-order valence-electron chi connectivity index (χ4n) is 2.30. The summed E-state index contributed by atoms with van der Waals surface area (Å²) in [5, 5.41) is 4.53.